The zero-order valence-electron chi connectivity index (χ0n) is 19.6. The maximum absolute atomic E-state index is 5.26. The number of fused-ring (bicyclic) bond motifs is 1. The fourth-order valence-corrected chi connectivity index (χ4v) is 5.94. The Bertz CT molecular complexity index is 1060. The second kappa shape index (κ2) is 11.1. The molecule has 0 bridgehead atoms. The monoisotopic (exact) mass is 487 g/mol. The lowest BCUT2D eigenvalue weighted by molar-refractivity contribution is 0.289. The highest BCUT2D eigenvalue weighted by atomic mass is 35.5. The normalized spacial score (nSPS) is 17.0. The van der Waals surface area contributed by atoms with Crippen molar-refractivity contribution in [3.8, 4) is 11.3 Å². The summed E-state index contributed by atoms with van der Waals surface area (Å²) in [6.45, 7) is 5.34. The number of halogens is 1. The Morgan fingerprint density at radius 2 is 1.85 bits per heavy atom. The minimum absolute atomic E-state index is 0. The number of nitrogens with zero attached hydrogens (tertiary/aromatic N) is 5. The van der Waals surface area contributed by atoms with E-state index in [-0.39, 0.29) is 12.4 Å². The smallest absolute Gasteiger partial charge is 0.190 e. The van der Waals surface area contributed by atoms with E-state index in [9.17, 15) is 0 Å². The Morgan fingerprint density at radius 3 is 2.61 bits per heavy atom. The molecule has 3 heterocycles. The van der Waals surface area contributed by atoms with Crippen LogP contribution in [0.1, 0.15) is 60.7 Å². The van der Waals surface area contributed by atoms with Gasteiger partial charge in [0.25, 0.3) is 0 Å². The fraction of sp³-hybridized carbons (Fsp3) is 0.560. The molecule has 0 amide bonds. The van der Waals surface area contributed by atoms with Gasteiger partial charge >= 0.3 is 0 Å². The van der Waals surface area contributed by atoms with Gasteiger partial charge in [0.05, 0.1) is 0 Å². The van der Waals surface area contributed by atoms with Crippen LogP contribution in [0.25, 0.3) is 11.3 Å². The van der Waals surface area contributed by atoms with Crippen LogP contribution in [0.3, 0.4) is 0 Å². The quantitative estimate of drug-likeness (QED) is 0.326. The zero-order valence-corrected chi connectivity index (χ0v) is 21.3. The summed E-state index contributed by atoms with van der Waals surface area (Å²) in [6, 6.07) is 8.78. The van der Waals surface area contributed by atoms with E-state index in [0.29, 0.717) is 5.92 Å². The number of rotatable bonds is 7. The van der Waals surface area contributed by atoms with E-state index in [1.165, 1.54) is 49.1 Å². The third-order valence-corrected chi connectivity index (χ3v) is 8.07. The summed E-state index contributed by atoms with van der Waals surface area (Å²) in [5.41, 5.74) is 5.03. The topological polar surface area (TPSA) is 60.0 Å². The van der Waals surface area contributed by atoms with E-state index >= 15 is 0 Å². The van der Waals surface area contributed by atoms with E-state index in [1.807, 2.05) is 24.8 Å². The summed E-state index contributed by atoms with van der Waals surface area (Å²) >= 11 is 1.86. The van der Waals surface area contributed by atoms with E-state index in [4.69, 9.17) is 4.52 Å². The molecule has 178 valence electrons. The molecule has 6 nitrogen and oxygen atoms in total. The Labute approximate surface area is 206 Å². The number of aromatic nitrogens is 4. The van der Waals surface area contributed by atoms with Crippen LogP contribution in [-0.4, -0.2) is 50.2 Å². The molecule has 0 radical (unpaired) electrons. The van der Waals surface area contributed by atoms with Gasteiger partial charge in [-0.25, -0.2) is 0 Å². The third-order valence-electron chi connectivity index (χ3n) is 6.96. The maximum Gasteiger partial charge on any atom is 0.190 e. The molecule has 2 aliphatic rings. The van der Waals surface area contributed by atoms with Crippen LogP contribution in [0.15, 0.2) is 33.9 Å². The summed E-state index contributed by atoms with van der Waals surface area (Å²) in [4.78, 5) is 2.61. The molecule has 0 atom stereocenters. The van der Waals surface area contributed by atoms with Crippen LogP contribution in [0.2, 0.25) is 0 Å². The summed E-state index contributed by atoms with van der Waals surface area (Å²) in [5.74, 6) is 3.76. The molecule has 3 aromatic rings. The number of hydrogen-bond donors (Lipinski definition) is 0. The van der Waals surface area contributed by atoms with Gasteiger partial charge in [-0.15, -0.1) is 22.6 Å². The average molecular weight is 488 g/mol. The highest BCUT2D eigenvalue weighted by Gasteiger charge is 2.23. The van der Waals surface area contributed by atoms with Gasteiger partial charge in [0.15, 0.2) is 5.16 Å². The molecule has 1 aromatic carbocycles. The molecule has 1 aliphatic carbocycles. The predicted octanol–water partition coefficient (Wildman–Crippen LogP) is 5.44. The van der Waals surface area contributed by atoms with Gasteiger partial charge in [0, 0.05) is 43.4 Å². The molecule has 33 heavy (non-hydrogen) atoms. The summed E-state index contributed by atoms with van der Waals surface area (Å²) in [7, 11) is 2.14. The van der Waals surface area contributed by atoms with E-state index in [1.54, 1.807) is 0 Å². The first-order valence-electron chi connectivity index (χ1n) is 12.0. The molecule has 0 saturated heterocycles. The first-order valence-corrected chi connectivity index (χ1v) is 13.0. The Morgan fingerprint density at radius 1 is 1.06 bits per heavy atom. The van der Waals surface area contributed by atoms with Crippen molar-refractivity contribution in [2.45, 2.75) is 62.9 Å². The minimum atomic E-state index is 0. The molecular weight excluding hydrogens is 454 g/mol. The Hall–Kier alpha value is -1.83. The van der Waals surface area contributed by atoms with Crippen LogP contribution in [0, 0.1) is 6.92 Å². The predicted molar refractivity (Wildman–Crippen MR) is 135 cm³/mol. The van der Waals surface area contributed by atoms with Gasteiger partial charge in [0.2, 0.25) is 0 Å². The second-order valence-corrected chi connectivity index (χ2v) is 10.3. The van der Waals surface area contributed by atoms with Crippen LogP contribution in [0.4, 0.5) is 0 Å². The highest BCUT2D eigenvalue weighted by molar-refractivity contribution is 7.99. The molecule has 1 aliphatic heterocycles. The molecule has 0 spiro atoms. The van der Waals surface area contributed by atoms with Crippen LogP contribution in [0.5, 0.6) is 0 Å². The standard InChI is InChI=1S/C25H33N5OS.ClH/c1-18-16-23(28-31-18)22-9-8-19-10-13-30(14-11-21(19)17-22)12-5-15-32-25-27-26-24(29(25)2)20-6-3-4-7-20;/h8-9,16-17,20H,3-7,10-15H2,1-2H3;1H. The lowest BCUT2D eigenvalue weighted by atomic mass is 9.99. The van der Waals surface area contributed by atoms with E-state index < -0.39 is 0 Å². The van der Waals surface area contributed by atoms with Crippen molar-refractivity contribution in [1.82, 2.24) is 24.8 Å². The molecule has 1 fully saturated rings. The second-order valence-electron chi connectivity index (χ2n) is 9.23. The van der Waals surface area contributed by atoms with Crippen molar-refractivity contribution in [2.24, 2.45) is 7.05 Å². The lowest BCUT2D eigenvalue weighted by Gasteiger charge is -2.19. The van der Waals surface area contributed by atoms with Gasteiger partial charge in [-0.3, -0.25) is 0 Å². The molecule has 0 N–H and O–H groups in total. The molecule has 1 saturated carbocycles. The largest absolute Gasteiger partial charge is 0.361 e. The summed E-state index contributed by atoms with van der Waals surface area (Å²) < 4.78 is 7.49. The van der Waals surface area contributed by atoms with Crippen LogP contribution in [-0.2, 0) is 19.9 Å². The van der Waals surface area contributed by atoms with Gasteiger partial charge in [-0.05, 0) is 62.8 Å². The summed E-state index contributed by atoms with van der Waals surface area (Å²) in [5, 5.41) is 14.2. The van der Waals surface area contributed by atoms with Crippen LogP contribution < -0.4 is 0 Å². The van der Waals surface area contributed by atoms with Gasteiger partial charge in [-0.1, -0.05) is 41.9 Å². The minimum Gasteiger partial charge on any atom is -0.361 e. The van der Waals surface area contributed by atoms with Gasteiger partial charge in [0.1, 0.15) is 17.3 Å². The number of benzene rings is 1. The SMILES string of the molecule is Cc1cc(-c2ccc3c(c2)CCN(CCCSc2nnc(C4CCCC4)n2C)CC3)no1.Cl. The van der Waals surface area contributed by atoms with E-state index in [2.05, 4.69) is 50.1 Å². The number of hydrogen-bond acceptors (Lipinski definition) is 6. The number of aryl methyl sites for hydroxylation is 1. The zero-order chi connectivity index (χ0) is 21.9. The molecule has 0 unspecified atom stereocenters. The van der Waals surface area contributed by atoms with Crippen molar-refractivity contribution in [2.75, 3.05) is 25.4 Å². The third kappa shape index (κ3) is 5.64. The van der Waals surface area contributed by atoms with Crippen LogP contribution >= 0.6 is 24.2 Å². The Balaban J connectivity index is 0.00000259. The highest BCUT2D eigenvalue weighted by Crippen LogP contribution is 2.34. The van der Waals surface area contributed by atoms with Crippen molar-refractivity contribution < 1.29 is 4.52 Å². The van der Waals surface area contributed by atoms with Crippen molar-refractivity contribution in [3.63, 3.8) is 0 Å². The Kier molecular flexibility index (Phi) is 8.15. The molecular formula is C25H34ClN5OS. The summed E-state index contributed by atoms with van der Waals surface area (Å²) in [6.07, 6.45) is 8.61. The molecule has 2 aromatic heterocycles. The first-order chi connectivity index (χ1) is 15.7. The van der Waals surface area contributed by atoms with Crippen molar-refractivity contribution >= 4 is 24.2 Å². The van der Waals surface area contributed by atoms with Crippen molar-refractivity contribution in [1.29, 1.82) is 0 Å². The van der Waals surface area contributed by atoms with Crippen molar-refractivity contribution in [3.05, 3.63) is 47.0 Å². The molecule has 5 rings (SSSR count). The average Bonchev–Trinajstić information content (AvgIpc) is 3.52. The maximum atomic E-state index is 5.26. The first kappa shape index (κ1) is 24.3. The fourth-order valence-electron chi connectivity index (χ4n) is 5.10. The van der Waals surface area contributed by atoms with Gasteiger partial charge in [-0.2, -0.15) is 0 Å². The molecule has 8 heteroatoms. The lowest BCUT2D eigenvalue weighted by Crippen LogP contribution is -2.27. The van der Waals surface area contributed by atoms with Gasteiger partial charge < -0.3 is 14.0 Å². The van der Waals surface area contributed by atoms with E-state index in [0.717, 1.165) is 60.4 Å². The number of thioether (sulfide) groups is 1.